The molecule has 0 saturated carbocycles. The van der Waals surface area contributed by atoms with Gasteiger partial charge in [0.2, 0.25) is 0 Å². The number of furan rings is 1. The molecule has 3 aromatic rings. The summed E-state index contributed by atoms with van der Waals surface area (Å²) in [5, 5.41) is 12.4. The van der Waals surface area contributed by atoms with Crippen LogP contribution in [0.5, 0.6) is 5.75 Å². The van der Waals surface area contributed by atoms with Crippen LogP contribution in [0, 0.1) is 0 Å². The summed E-state index contributed by atoms with van der Waals surface area (Å²) in [4.78, 5) is 12.6. The van der Waals surface area contributed by atoms with Crippen LogP contribution in [0.4, 0.5) is 5.69 Å². The number of amides is 1. The van der Waals surface area contributed by atoms with E-state index in [-0.39, 0.29) is 12.5 Å². The highest BCUT2D eigenvalue weighted by atomic mass is 79.9. The highest BCUT2D eigenvalue weighted by Crippen LogP contribution is 2.32. The summed E-state index contributed by atoms with van der Waals surface area (Å²) in [5.74, 6) is 1.10. The number of aliphatic hydroxyl groups excluding tert-OH is 1. The lowest BCUT2D eigenvalue weighted by Gasteiger charge is -2.11. The van der Waals surface area contributed by atoms with Crippen LogP contribution in [0.2, 0.25) is 5.02 Å². The molecule has 134 valence electrons. The van der Waals surface area contributed by atoms with Gasteiger partial charge in [0.25, 0.3) is 5.91 Å². The molecule has 3 rings (SSSR count). The minimum Gasteiger partial charge on any atom is -0.496 e. The van der Waals surface area contributed by atoms with Crippen molar-refractivity contribution >= 4 is 39.1 Å². The molecule has 0 saturated heterocycles. The monoisotopic (exact) mass is 435 g/mol. The van der Waals surface area contributed by atoms with Gasteiger partial charge in [0.15, 0.2) is 0 Å². The Bertz CT molecular complexity index is 954. The number of hydrogen-bond donors (Lipinski definition) is 2. The first-order chi connectivity index (χ1) is 12.5. The van der Waals surface area contributed by atoms with E-state index in [1.165, 1.54) is 7.11 Å². The fraction of sp³-hybridized carbons (Fsp3) is 0.105. The molecule has 0 bridgehead atoms. The number of aliphatic hydroxyl groups is 1. The van der Waals surface area contributed by atoms with Crippen molar-refractivity contribution in [1.29, 1.82) is 0 Å². The Morgan fingerprint density at radius 3 is 2.73 bits per heavy atom. The van der Waals surface area contributed by atoms with Crippen molar-refractivity contribution in [3.05, 3.63) is 69.3 Å². The lowest BCUT2D eigenvalue weighted by Crippen LogP contribution is -2.13. The Morgan fingerprint density at radius 2 is 2.04 bits per heavy atom. The first-order valence-corrected chi connectivity index (χ1v) is 8.83. The molecule has 7 heteroatoms. The fourth-order valence-corrected chi connectivity index (χ4v) is 3.03. The van der Waals surface area contributed by atoms with Crippen LogP contribution in [-0.4, -0.2) is 18.1 Å². The van der Waals surface area contributed by atoms with E-state index in [1.54, 1.807) is 48.5 Å². The predicted octanol–water partition coefficient (Wildman–Crippen LogP) is 5.12. The number of carbonyl (C=O) groups is 1. The summed E-state index contributed by atoms with van der Waals surface area (Å²) >= 11 is 9.60. The molecular formula is C19H15BrClNO4. The van der Waals surface area contributed by atoms with Gasteiger partial charge in [-0.3, -0.25) is 4.79 Å². The van der Waals surface area contributed by atoms with E-state index in [9.17, 15) is 4.79 Å². The minimum atomic E-state index is -0.313. The summed E-state index contributed by atoms with van der Waals surface area (Å²) in [5.41, 5.74) is 1.57. The summed E-state index contributed by atoms with van der Waals surface area (Å²) in [6.07, 6.45) is 0. The van der Waals surface area contributed by atoms with E-state index in [1.807, 2.05) is 0 Å². The van der Waals surface area contributed by atoms with E-state index in [0.717, 1.165) is 4.47 Å². The second-order valence-corrected chi connectivity index (χ2v) is 6.74. The summed E-state index contributed by atoms with van der Waals surface area (Å²) in [6.45, 7) is -0.198. The zero-order valence-corrected chi connectivity index (χ0v) is 16.1. The Kier molecular flexibility index (Phi) is 5.66. The molecule has 0 aliphatic rings. The van der Waals surface area contributed by atoms with Crippen molar-refractivity contribution in [2.45, 2.75) is 6.61 Å². The third kappa shape index (κ3) is 3.93. The third-order valence-corrected chi connectivity index (χ3v) is 4.54. The van der Waals surface area contributed by atoms with E-state index in [4.69, 9.17) is 25.9 Å². The second kappa shape index (κ2) is 7.95. The molecule has 2 aromatic carbocycles. The van der Waals surface area contributed by atoms with Crippen molar-refractivity contribution in [3.63, 3.8) is 0 Å². The Hall–Kier alpha value is -2.28. The van der Waals surface area contributed by atoms with Gasteiger partial charge in [-0.2, -0.15) is 0 Å². The van der Waals surface area contributed by atoms with Gasteiger partial charge in [-0.25, -0.2) is 0 Å². The molecule has 0 aliphatic heterocycles. The largest absolute Gasteiger partial charge is 0.496 e. The maximum absolute atomic E-state index is 12.6. The van der Waals surface area contributed by atoms with E-state index < -0.39 is 0 Å². The van der Waals surface area contributed by atoms with E-state index in [2.05, 4.69) is 21.2 Å². The topological polar surface area (TPSA) is 71.7 Å². The van der Waals surface area contributed by atoms with Gasteiger partial charge in [0.05, 0.1) is 17.7 Å². The number of anilines is 1. The van der Waals surface area contributed by atoms with Gasteiger partial charge in [0, 0.05) is 15.7 Å². The third-order valence-electron chi connectivity index (χ3n) is 3.71. The van der Waals surface area contributed by atoms with Gasteiger partial charge >= 0.3 is 0 Å². The molecule has 0 spiro atoms. The Morgan fingerprint density at radius 1 is 1.23 bits per heavy atom. The number of rotatable bonds is 5. The molecule has 0 radical (unpaired) electrons. The number of hydrogen-bond acceptors (Lipinski definition) is 4. The first kappa shape index (κ1) is 18.5. The maximum atomic E-state index is 12.6. The average molecular weight is 437 g/mol. The number of carbonyl (C=O) groups excluding carboxylic acids is 1. The molecule has 1 heterocycles. The summed E-state index contributed by atoms with van der Waals surface area (Å²) < 4.78 is 11.5. The van der Waals surface area contributed by atoms with Gasteiger partial charge in [-0.1, -0.05) is 27.5 Å². The van der Waals surface area contributed by atoms with Crippen molar-refractivity contribution in [2.24, 2.45) is 0 Å². The normalized spacial score (nSPS) is 10.6. The van der Waals surface area contributed by atoms with Crippen LogP contribution >= 0.6 is 27.5 Å². The summed E-state index contributed by atoms with van der Waals surface area (Å²) in [6, 6.07) is 13.7. The average Bonchev–Trinajstić information content (AvgIpc) is 3.12. The van der Waals surface area contributed by atoms with Crippen LogP contribution < -0.4 is 10.1 Å². The smallest absolute Gasteiger partial charge is 0.259 e. The first-order valence-electron chi connectivity index (χ1n) is 7.66. The van der Waals surface area contributed by atoms with Crippen LogP contribution in [-0.2, 0) is 6.61 Å². The molecule has 0 atom stereocenters. The molecular weight excluding hydrogens is 422 g/mol. The molecule has 0 aliphatic carbocycles. The fourth-order valence-electron chi connectivity index (χ4n) is 2.46. The molecule has 26 heavy (non-hydrogen) atoms. The zero-order valence-electron chi connectivity index (χ0n) is 13.8. The van der Waals surface area contributed by atoms with Crippen LogP contribution in [0.1, 0.15) is 16.1 Å². The molecule has 2 N–H and O–H groups in total. The lowest BCUT2D eigenvalue weighted by atomic mass is 10.1. The minimum absolute atomic E-state index is 0.198. The Labute approximate surface area is 163 Å². The predicted molar refractivity (Wildman–Crippen MR) is 104 cm³/mol. The van der Waals surface area contributed by atoms with E-state index >= 15 is 0 Å². The van der Waals surface area contributed by atoms with Gasteiger partial charge in [-0.05, 0) is 48.5 Å². The maximum Gasteiger partial charge on any atom is 0.259 e. The Balaban J connectivity index is 1.90. The highest BCUT2D eigenvalue weighted by Gasteiger charge is 2.15. The number of benzene rings is 2. The van der Waals surface area contributed by atoms with Crippen molar-refractivity contribution in [2.75, 3.05) is 12.4 Å². The number of ether oxygens (including phenoxy) is 1. The van der Waals surface area contributed by atoms with Gasteiger partial charge in [0.1, 0.15) is 23.9 Å². The molecule has 5 nitrogen and oxygen atoms in total. The highest BCUT2D eigenvalue weighted by molar-refractivity contribution is 9.10. The summed E-state index contributed by atoms with van der Waals surface area (Å²) in [7, 11) is 1.51. The van der Waals surface area contributed by atoms with Crippen LogP contribution in [0.15, 0.2) is 57.4 Å². The van der Waals surface area contributed by atoms with Crippen molar-refractivity contribution in [3.8, 4) is 17.1 Å². The van der Waals surface area contributed by atoms with E-state index in [0.29, 0.717) is 39.1 Å². The molecule has 1 aromatic heterocycles. The van der Waals surface area contributed by atoms with Crippen LogP contribution in [0.3, 0.4) is 0 Å². The number of nitrogens with one attached hydrogen (secondary N) is 1. The second-order valence-electron chi connectivity index (χ2n) is 5.42. The zero-order chi connectivity index (χ0) is 18.7. The standard InChI is InChI=1S/C19H15BrClNO4/c1-25-17-6-2-11(20)8-15(17)19(24)22-12-3-5-16(21)14(9-12)18-7-4-13(10-23)26-18/h2-9,23H,10H2,1H3,(H,22,24). The quantitative estimate of drug-likeness (QED) is 0.582. The molecule has 1 amide bonds. The number of halogens is 2. The van der Waals surface area contributed by atoms with Gasteiger partial charge in [-0.15, -0.1) is 0 Å². The lowest BCUT2D eigenvalue weighted by molar-refractivity contribution is 0.102. The van der Waals surface area contributed by atoms with Crippen molar-refractivity contribution in [1.82, 2.24) is 0 Å². The molecule has 0 unspecified atom stereocenters. The SMILES string of the molecule is COc1ccc(Br)cc1C(=O)Nc1ccc(Cl)c(-c2ccc(CO)o2)c1. The molecule has 0 fully saturated rings. The van der Waals surface area contributed by atoms with Gasteiger partial charge < -0.3 is 19.6 Å². The van der Waals surface area contributed by atoms with Crippen molar-refractivity contribution < 1.29 is 19.1 Å². The number of methoxy groups -OCH3 is 1. The van der Waals surface area contributed by atoms with Crippen LogP contribution in [0.25, 0.3) is 11.3 Å².